The summed E-state index contributed by atoms with van der Waals surface area (Å²) in [5, 5.41) is 20.4. The molecule has 13 N–H and O–H groups in total. The maximum Gasteiger partial charge on any atom is 0.246 e. The SMILES string of the molecule is CC(C)[C@H](NC(=O)[C@H](CCCN=C(N)N)NC(=O)CN)C(=O)N1CCC[C@H]1C(=O)N[C@@H](Cc1ccc(O)cc1)C(=O)N1CCC[C@H]1C(=O)NCC(N)=O. The fourth-order valence-corrected chi connectivity index (χ4v) is 6.41. The van der Waals surface area contributed by atoms with Gasteiger partial charge in [0.25, 0.3) is 0 Å². The van der Waals surface area contributed by atoms with Crippen molar-refractivity contribution in [2.24, 2.45) is 33.8 Å². The van der Waals surface area contributed by atoms with Gasteiger partial charge in [-0.15, -0.1) is 0 Å². The van der Waals surface area contributed by atoms with Gasteiger partial charge in [0.2, 0.25) is 41.4 Å². The van der Waals surface area contributed by atoms with Gasteiger partial charge >= 0.3 is 0 Å². The summed E-state index contributed by atoms with van der Waals surface area (Å²) in [6, 6.07) is 0.992. The number of nitrogens with one attached hydrogen (secondary N) is 4. The predicted octanol–water partition coefficient (Wildman–Crippen LogP) is -3.36. The topological polar surface area (TPSA) is 311 Å². The van der Waals surface area contributed by atoms with Crippen LogP contribution in [-0.2, 0) is 40.0 Å². The van der Waals surface area contributed by atoms with Crippen LogP contribution in [0.3, 0.4) is 0 Å². The Balaban J connectivity index is 1.80. The fourth-order valence-electron chi connectivity index (χ4n) is 6.41. The summed E-state index contributed by atoms with van der Waals surface area (Å²) in [5.74, 6) is -4.63. The number of likely N-dealkylation sites (tertiary alicyclic amines) is 2. The molecule has 5 atom stereocenters. The highest BCUT2D eigenvalue weighted by molar-refractivity contribution is 5.97. The first-order chi connectivity index (χ1) is 25.1. The summed E-state index contributed by atoms with van der Waals surface area (Å²) in [6.07, 6.45) is 2.14. The van der Waals surface area contributed by atoms with Gasteiger partial charge in [-0.05, 0) is 62.1 Å². The second-order valence-electron chi connectivity index (χ2n) is 13.5. The number of amides is 7. The van der Waals surface area contributed by atoms with Crippen molar-refractivity contribution < 1.29 is 38.7 Å². The van der Waals surface area contributed by atoms with E-state index < -0.39 is 84.0 Å². The van der Waals surface area contributed by atoms with Gasteiger partial charge in [0.15, 0.2) is 5.96 Å². The highest BCUT2D eigenvalue weighted by Crippen LogP contribution is 2.23. The molecule has 0 radical (unpaired) electrons. The Kier molecular flexibility index (Phi) is 15.8. The average molecular weight is 744 g/mol. The fraction of sp³-hybridized carbons (Fsp3) is 0.588. The lowest BCUT2D eigenvalue weighted by Gasteiger charge is -2.33. The molecule has 0 aliphatic carbocycles. The monoisotopic (exact) mass is 743 g/mol. The number of nitrogens with zero attached hydrogens (tertiary/aromatic N) is 3. The summed E-state index contributed by atoms with van der Waals surface area (Å²) in [5.41, 5.74) is 22.0. The van der Waals surface area contributed by atoms with E-state index in [1.165, 1.54) is 21.9 Å². The van der Waals surface area contributed by atoms with Crippen molar-refractivity contribution in [3.05, 3.63) is 29.8 Å². The highest BCUT2D eigenvalue weighted by atomic mass is 16.3. The van der Waals surface area contributed by atoms with Gasteiger partial charge in [-0.2, -0.15) is 0 Å². The van der Waals surface area contributed by atoms with E-state index in [1.54, 1.807) is 26.0 Å². The Hall–Kier alpha value is -5.46. The van der Waals surface area contributed by atoms with Crippen LogP contribution in [0.1, 0.15) is 57.9 Å². The van der Waals surface area contributed by atoms with Crippen LogP contribution in [0.2, 0.25) is 0 Å². The number of phenols is 1. The van der Waals surface area contributed by atoms with Crippen molar-refractivity contribution in [1.29, 1.82) is 0 Å². The van der Waals surface area contributed by atoms with Crippen LogP contribution in [0.15, 0.2) is 29.3 Å². The zero-order valence-electron chi connectivity index (χ0n) is 30.2. The Morgan fingerprint density at radius 2 is 1.45 bits per heavy atom. The van der Waals surface area contributed by atoms with Crippen LogP contribution in [0.5, 0.6) is 5.75 Å². The van der Waals surface area contributed by atoms with Crippen molar-refractivity contribution in [3.8, 4) is 5.75 Å². The average Bonchev–Trinajstić information content (AvgIpc) is 3.81. The summed E-state index contributed by atoms with van der Waals surface area (Å²) < 4.78 is 0. The van der Waals surface area contributed by atoms with E-state index in [0.29, 0.717) is 31.2 Å². The Labute approximate surface area is 308 Å². The third-order valence-electron chi connectivity index (χ3n) is 9.12. The summed E-state index contributed by atoms with van der Waals surface area (Å²) in [7, 11) is 0. The molecule has 1 aromatic carbocycles. The molecule has 0 spiro atoms. The largest absolute Gasteiger partial charge is 0.508 e. The van der Waals surface area contributed by atoms with E-state index in [2.05, 4.69) is 26.3 Å². The smallest absolute Gasteiger partial charge is 0.246 e. The molecule has 0 saturated carbocycles. The predicted molar refractivity (Wildman–Crippen MR) is 193 cm³/mol. The molecule has 2 fully saturated rings. The number of carbonyl (C=O) groups is 7. The number of aromatic hydroxyl groups is 1. The number of aliphatic imine (C=N–C) groups is 1. The summed E-state index contributed by atoms with van der Waals surface area (Å²) >= 11 is 0. The Morgan fingerprint density at radius 1 is 0.849 bits per heavy atom. The zero-order valence-corrected chi connectivity index (χ0v) is 30.2. The number of hydrogen-bond acceptors (Lipinski definition) is 10. The molecule has 3 rings (SSSR count). The first-order valence-corrected chi connectivity index (χ1v) is 17.7. The minimum absolute atomic E-state index is 0.0114. The normalized spacial score (nSPS) is 18.4. The number of benzene rings is 1. The van der Waals surface area contributed by atoms with E-state index >= 15 is 0 Å². The molecule has 2 saturated heterocycles. The number of nitrogens with two attached hydrogens (primary N) is 4. The summed E-state index contributed by atoms with van der Waals surface area (Å²) in [4.78, 5) is 98.4. The molecule has 0 bridgehead atoms. The van der Waals surface area contributed by atoms with Crippen LogP contribution in [-0.4, -0.2) is 125 Å². The zero-order chi connectivity index (χ0) is 39.2. The van der Waals surface area contributed by atoms with E-state index in [1.807, 2.05) is 0 Å². The van der Waals surface area contributed by atoms with Gasteiger partial charge in [0.05, 0.1) is 13.1 Å². The number of phenolic OH excluding ortho intramolecular Hbond substituents is 1. The second kappa shape index (κ2) is 20.0. The number of guanidine groups is 1. The molecular formula is C34H53N11O8. The maximum atomic E-state index is 14.1. The van der Waals surface area contributed by atoms with E-state index in [4.69, 9.17) is 22.9 Å². The van der Waals surface area contributed by atoms with Gasteiger partial charge in [0, 0.05) is 26.1 Å². The molecule has 7 amide bonds. The molecule has 19 nitrogen and oxygen atoms in total. The molecule has 53 heavy (non-hydrogen) atoms. The number of carbonyl (C=O) groups excluding carboxylic acids is 7. The molecule has 0 aromatic heterocycles. The standard InChI is InChI=1S/C34H53N11O8/c1-19(2)28(43-29(49)22(41-27(48)17-35)6-3-13-39-34(37)38)33(53)45-15-5-8-25(45)31(51)42-23(16-20-9-11-21(46)12-10-20)32(52)44-14-4-7-24(44)30(50)40-18-26(36)47/h9-12,19,22-25,28,46H,3-8,13-18,35H2,1-2H3,(H2,36,47)(H,40,50)(H,41,48)(H,42,51)(H,43,49)(H4,37,38,39)/t22-,23-,24-,25-,28-/m0/s1. The Bertz CT molecular complexity index is 1520. The molecular weight excluding hydrogens is 690 g/mol. The van der Waals surface area contributed by atoms with Crippen LogP contribution in [0.25, 0.3) is 0 Å². The van der Waals surface area contributed by atoms with Crippen molar-refractivity contribution in [2.45, 2.75) is 89.0 Å². The van der Waals surface area contributed by atoms with Crippen LogP contribution in [0.4, 0.5) is 0 Å². The third-order valence-corrected chi connectivity index (χ3v) is 9.12. The van der Waals surface area contributed by atoms with Crippen LogP contribution < -0.4 is 44.2 Å². The van der Waals surface area contributed by atoms with Crippen molar-refractivity contribution >= 4 is 47.3 Å². The first-order valence-electron chi connectivity index (χ1n) is 17.7. The van der Waals surface area contributed by atoms with Crippen molar-refractivity contribution in [3.63, 3.8) is 0 Å². The molecule has 2 heterocycles. The Morgan fingerprint density at radius 3 is 2.02 bits per heavy atom. The maximum absolute atomic E-state index is 14.1. The minimum Gasteiger partial charge on any atom is -0.508 e. The molecule has 19 heteroatoms. The van der Waals surface area contributed by atoms with Gasteiger partial charge in [-0.25, -0.2) is 0 Å². The lowest BCUT2D eigenvalue weighted by molar-refractivity contribution is -0.145. The van der Waals surface area contributed by atoms with Gasteiger partial charge in [-0.1, -0.05) is 26.0 Å². The third kappa shape index (κ3) is 12.3. The molecule has 2 aliphatic heterocycles. The second-order valence-corrected chi connectivity index (χ2v) is 13.5. The molecule has 292 valence electrons. The molecule has 0 unspecified atom stereocenters. The van der Waals surface area contributed by atoms with Crippen LogP contribution in [0, 0.1) is 5.92 Å². The van der Waals surface area contributed by atoms with Gasteiger partial charge in [-0.3, -0.25) is 38.6 Å². The van der Waals surface area contributed by atoms with Gasteiger partial charge < -0.3 is 59.1 Å². The number of primary amides is 1. The van der Waals surface area contributed by atoms with Crippen LogP contribution >= 0.6 is 0 Å². The number of rotatable bonds is 18. The quantitative estimate of drug-likeness (QED) is 0.0406. The molecule has 2 aliphatic rings. The highest BCUT2D eigenvalue weighted by Gasteiger charge is 2.42. The van der Waals surface area contributed by atoms with E-state index in [9.17, 15) is 38.7 Å². The number of hydrogen-bond donors (Lipinski definition) is 9. The summed E-state index contributed by atoms with van der Waals surface area (Å²) in [6.45, 7) is 3.38. The minimum atomic E-state index is -1.15. The van der Waals surface area contributed by atoms with Crippen molar-refractivity contribution in [2.75, 3.05) is 32.7 Å². The van der Waals surface area contributed by atoms with Gasteiger partial charge in [0.1, 0.15) is 36.0 Å². The molecule has 1 aromatic rings. The van der Waals surface area contributed by atoms with E-state index in [-0.39, 0.29) is 57.2 Å². The lowest BCUT2D eigenvalue weighted by atomic mass is 10.0. The van der Waals surface area contributed by atoms with E-state index in [0.717, 1.165) is 0 Å². The first kappa shape index (κ1) is 42.0. The lowest BCUT2D eigenvalue weighted by Crippen LogP contribution is -2.60. The van der Waals surface area contributed by atoms with Crippen molar-refractivity contribution in [1.82, 2.24) is 31.1 Å².